The van der Waals surface area contributed by atoms with Crippen LogP contribution in [-0.4, -0.2) is 57.2 Å². The third kappa shape index (κ3) is 3.23. The van der Waals surface area contributed by atoms with Gasteiger partial charge in [0, 0.05) is 29.7 Å². The fourth-order valence-electron chi connectivity index (χ4n) is 3.19. The van der Waals surface area contributed by atoms with Crippen molar-refractivity contribution in [3.63, 3.8) is 0 Å². The topological polar surface area (TPSA) is 96.9 Å². The zero-order chi connectivity index (χ0) is 18.1. The van der Waals surface area contributed by atoms with Gasteiger partial charge < -0.3 is 9.64 Å². The standard InChI is InChI=1S/C17H18N6O2S/c1-10-7-23(8-11(2)25-10)17-13(9-24)5-12(6-18-17)14-3-4-15(26-14)16-19-21-22-20-16/h3-6,9-11H,7-8H2,1-2H3,(H,19,20,21,22). The molecule has 0 spiro atoms. The fourth-order valence-corrected chi connectivity index (χ4v) is 4.11. The number of rotatable bonds is 4. The van der Waals surface area contributed by atoms with Gasteiger partial charge in [0.05, 0.1) is 22.6 Å². The van der Waals surface area contributed by atoms with Crippen LogP contribution in [0.3, 0.4) is 0 Å². The first-order chi connectivity index (χ1) is 12.6. The van der Waals surface area contributed by atoms with Gasteiger partial charge in [-0.1, -0.05) is 0 Å². The van der Waals surface area contributed by atoms with E-state index in [1.165, 1.54) is 11.3 Å². The van der Waals surface area contributed by atoms with Gasteiger partial charge in [-0.15, -0.1) is 21.5 Å². The molecule has 1 N–H and O–H groups in total. The molecule has 0 bridgehead atoms. The molecule has 0 aromatic carbocycles. The van der Waals surface area contributed by atoms with Gasteiger partial charge >= 0.3 is 0 Å². The summed E-state index contributed by atoms with van der Waals surface area (Å²) in [6, 6.07) is 5.79. The molecule has 3 aromatic rings. The van der Waals surface area contributed by atoms with E-state index in [-0.39, 0.29) is 12.2 Å². The van der Waals surface area contributed by atoms with Crippen LogP contribution in [0, 0.1) is 0 Å². The maximum Gasteiger partial charge on any atom is 0.214 e. The predicted octanol–water partition coefficient (Wildman–Crippen LogP) is 2.42. The maximum absolute atomic E-state index is 11.7. The molecule has 1 aliphatic heterocycles. The van der Waals surface area contributed by atoms with E-state index < -0.39 is 0 Å². The Kier molecular flexibility index (Phi) is 4.48. The minimum Gasteiger partial charge on any atom is -0.372 e. The first-order valence-corrected chi connectivity index (χ1v) is 9.15. The zero-order valence-corrected chi connectivity index (χ0v) is 15.2. The summed E-state index contributed by atoms with van der Waals surface area (Å²) in [6.07, 6.45) is 2.88. The Morgan fingerprint density at radius 2 is 2.04 bits per heavy atom. The number of aldehydes is 1. The molecule has 26 heavy (non-hydrogen) atoms. The lowest BCUT2D eigenvalue weighted by atomic mass is 10.1. The average molecular weight is 370 g/mol. The van der Waals surface area contributed by atoms with Crippen molar-refractivity contribution in [3.05, 3.63) is 30.0 Å². The van der Waals surface area contributed by atoms with Crippen molar-refractivity contribution in [3.8, 4) is 21.1 Å². The van der Waals surface area contributed by atoms with Crippen molar-refractivity contribution >= 4 is 23.4 Å². The first-order valence-electron chi connectivity index (χ1n) is 8.33. The molecule has 4 heterocycles. The molecular formula is C17H18N6O2S. The molecule has 9 heteroatoms. The number of pyridine rings is 1. The largest absolute Gasteiger partial charge is 0.372 e. The van der Waals surface area contributed by atoms with Crippen LogP contribution in [0.15, 0.2) is 24.4 Å². The number of nitrogens with zero attached hydrogens (tertiary/aromatic N) is 5. The third-order valence-electron chi connectivity index (χ3n) is 4.20. The van der Waals surface area contributed by atoms with Crippen LogP contribution in [0.5, 0.6) is 0 Å². The van der Waals surface area contributed by atoms with Crippen LogP contribution in [-0.2, 0) is 4.74 Å². The summed E-state index contributed by atoms with van der Waals surface area (Å²) in [5.41, 5.74) is 1.48. The second-order valence-electron chi connectivity index (χ2n) is 6.32. The molecule has 134 valence electrons. The summed E-state index contributed by atoms with van der Waals surface area (Å²) in [6.45, 7) is 5.50. The number of tetrazole rings is 1. The molecule has 4 rings (SSSR count). The van der Waals surface area contributed by atoms with Gasteiger partial charge in [0.15, 0.2) is 6.29 Å². The van der Waals surface area contributed by atoms with Gasteiger partial charge in [0.2, 0.25) is 5.82 Å². The quantitative estimate of drug-likeness (QED) is 0.704. The molecule has 8 nitrogen and oxygen atoms in total. The second kappa shape index (κ2) is 6.93. The number of carbonyl (C=O) groups is 1. The lowest BCUT2D eigenvalue weighted by Gasteiger charge is -2.36. The molecule has 0 amide bonds. The minimum absolute atomic E-state index is 0.106. The molecular weight excluding hydrogens is 352 g/mol. The lowest BCUT2D eigenvalue weighted by molar-refractivity contribution is -0.00549. The van der Waals surface area contributed by atoms with E-state index in [4.69, 9.17) is 4.74 Å². The highest BCUT2D eigenvalue weighted by Crippen LogP contribution is 2.34. The number of anilines is 1. The van der Waals surface area contributed by atoms with E-state index in [0.717, 1.165) is 34.7 Å². The molecule has 2 atom stereocenters. The van der Waals surface area contributed by atoms with Crippen molar-refractivity contribution in [1.82, 2.24) is 25.6 Å². The summed E-state index contributed by atoms with van der Waals surface area (Å²) < 4.78 is 5.77. The van der Waals surface area contributed by atoms with Crippen LogP contribution >= 0.6 is 11.3 Å². The average Bonchev–Trinajstić information content (AvgIpc) is 3.31. The van der Waals surface area contributed by atoms with Crippen LogP contribution in [0.2, 0.25) is 0 Å². The van der Waals surface area contributed by atoms with Crippen molar-refractivity contribution < 1.29 is 9.53 Å². The Hall–Kier alpha value is -2.65. The van der Waals surface area contributed by atoms with E-state index in [9.17, 15) is 4.79 Å². The van der Waals surface area contributed by atoms with Gasteiger partial charge in [-0.25, -0.2) is 4.98 Å². The number of carbonyl (C=O) groups excluding carboxylic acids is 1. The Labute approximate surface area is 154 Å². The highest BCUT2D eigenvalue weighted by atomic mass is 32.1. The molecule has 0 saturated carbocycles. The predicted molar refractivity (Wildman–Crippen MR) is 98.3 cm³/mol. The molecule has 1 saturated heterocycles. The van der Waals surface area contributed by atoms with Gasteiger partial charge in [-0.05, 0) is 37.3 Å². The Balaban J connectivity index is 1.64. The molecule has 1 fully saturated rings. The number of H-pyrrole nitrogens is 1. The minimum atomic E-state index is 0.106. The van der Waals surface area contributed by atoms with Crippen molar-refractivity contribution in [2.45, 2.75) is 26.1 Å². The first kappa shape index (κ1) is 16.8. The zero-order valence-electron chi connectivity index (χ0n) is 14.4. The Morgan fingerprint density at radius 3 is 2.73 bits per heavy atom. The maximum atomic E-state index is 11.7. The van der Waals surface area contributed by atoms with E-state index in [1.54, 1.807) is 6.20 Å². The summed E-state index contributed by atoms with van der Waals surface area (Å²) in [5.74, 6) is 1.26. The number of hydrogen-bond donors (Lipinski definition) is 1. The monoisotopic (exact) mass is 370 g/mol. The van der Waals surface area contributed by atoms with Crippen LogP contribution in [0.1, 0.15) is 24.2 Å². The number of hydrogen-bond acceptors (Lipinski definition) is 8. The lowest BCUT2D eigenvalue weighted by Crippen LogP contribution is -2.46. The summed E-state index contributed by atoms with van der Waals surface area (Å²) in [4.78, 5) is 20.3. The van der Waals surface area contributed by atoms with Crippen molar-refractivity contribution in [1.29, 1.82) is 0 Å². The second-order valence-corrected chi connectivity index (χ2v) is 7.40. The number of thiophene rings is 1. The number of nitrogens with one attached hydrogen (secondary N) is 1. The summed E-state index contributed by atoms with van der Waals surface area (Å²) in [7, 11) is 0. The smallest absolute Gasteiger partial charge is 0.214 e. The van der Waals surface area contributed by atoms with Gasteiger partial charge in [0.1, 0.15) is 5.82 Å². The SMILES string of the molecule is CC1CN(c2ncc(-c3ccc(-c4nn[nH]n4)s3)cc2C=O)CC(C)O1. The number of morpholine rings is 1. The van der Waals surface area contributed by atoms with E-state index in [2.05, 4.69) is 30.5 Å². The number of aromatic nitrogens is 5. The fraction of sp³-hybridized carbons (Fsp3) is 0.353. The van der Waals surface area contributed by atoms with Crippen LogP contribution in [0.4, 0.5) is 5.82 Å². The molecule has 0 radical (unpaired) electrons. The van der Waals surface area contributed by atoms with Crippen LogP contribution < -0.4 is 4.90 Å². The molecule has 0 aliphatic carbocycles. The number of ether oxygens (including phenoxy) is 1. The summed E-state index contributed by atoms with van der Waals surface area (Å²) in [5, 5.41) is 14.0. The normalized spacial score (nSPS) is 20.3. The van der Waals surface area contributed by atoms with Gasteiger partial charge in [0.25, 0.3) is 0 Å². The molecule has 1 aliphatic rings. The Bertz CT molecular complexity index is 900. The van der Waals surface area contributed by atoms with E-state index in [1.807, 2.05) is 32.0 Å². The number of aromatic amines is 1. The van der Waals surface area contributed by atoms with Crippen molar-refractivity contribution in [2.24, 2.45) is 0 Å². The Morgan fingerprint density at radius 1 is 1.27 bits per heavy atom. The van der Waals surface area contributed by atoms with Crippen LogP contribution in [0.25, 0.3) is 21.1 Å². The van der Waals surface area contributed by atoms with Gasteiger partial charge in [-0.3, -0.25) is 4.79 Å². The molecule has 3 aromatic heterocycles. The van der Waals surface area contributed by atoms with Crippen molar-refractivity contribution in [2.75, 3.05) is 18.0 Å². The van der Waals surface area contributed by atoms with E-state index in [0.29, 0.717) is 17.2 Å². The highest BCUT2D eigenvalue weighted by molar-refractivity contribution is 7.18. The van der Waals surface area contributed by atoms with E-state index >= 15 is 0 Å². The third-order valence-corrected chi connectivity index (χ3v) is 5.33. The summed E-state index contributed by atoms with van der Waals surface area (Å²) >= 11 is 1.53. The molecule has 2 unspecified atom stereocenters. The highest BCUT2D eigenvalue weighted by Gasteiger charge is 2.25. The van der Waals surface area contributed by atoms with Gasteiger partial charge in [-0.2, -0.15) is 5.21 Å².